The van der Waals surface area contributed by atoms with Crippen molar-refractivity contribution in [2.24, 2.45) is 0 Å². The topological polar surface area (TPSA) is 27.1 Å². The van der Waals surface area contributed by atoms with E-state index in [2.05, 4.69) is 49.1 Å². The molecule has 0 amide bonds. The van der Waals surface area contributed by atoms with E-state index in [-0.39, 0.29) is 0 Å². The van der Waals surface area contributed by atoms with Crippen LogP contribution in [-0.4, -0.2) is 24.2 Å². The molecule has 1 rings (SSSR count). The van der Waals surface area contributed by atoms with Gasteiger partial charge in [0.15, 0.2) is 0 Å². The molecule has 0 radical (unpaired) electrons. The average molecular weight is 266 g/mol. The summed E-state index contributed by atoms with van der Waals surface area (Å²) >= 11 is 0. The summed E-state index contributed by atoms with van der Waals surface area (Å²) in [5.41, 5.74) is 1.32. The van der Waals surface area contributed by atoms with Crippen LogP contribution < -0.4 is 0 Å². The number of nitrogens with zero attached hydrogens (tertiary/aromatic N) is 2. The summed E-state index contributed by atoms with van der Waals surface area (Å²) in [6.07, 6.45) is 6.91. The second kappa shape index (κ2) is 6.90. The number of aromatic nitrogens is 2. The third-order valence-corrected chi connectivity index (χ3v) is 4.43. The predicted molar refractivity (Wildman–Crippen MR) is 79.5 cm³/mol. The van der Waals surface area contributed by atoms with Gasteiger partial charge in [-0.1, -0.05) is 31.3 Å². The molecule has 0 unspecified atom stereocenters. The maximum Gasteiger partial charge on any atom is 0.123 e. The van der Waals surface area contributed by atoms with E-state index in [1.54, 1.807) is 0 Å². The number of imidazole rings is 1. The van der Waals surface area contributed by atoms with Crippen molar-refractivity contribution in [3.8, 4) is 0 Å². The van der Waals surface area contributed by atoms with E-state index in [1.807, 2.05) is 12.4 Å². The summed E-state index contributed by atoms with van der Waals surface area (Å²) in [6, 6.07) is 1.21. The minimum atomic E-state index is -0.982. The molecule has 1 aromatic heterocycles. The maximum absolute atomic E-state index is 5.74. The normalized spacial score (nSPS) is 11.6. The molecule has 0 aliphatic carbocycles. The fourth-order valence-corrected chi connectivity index (χ4v) is 2.24. The van der Waals surface area contributed by atoms with E-state index >= 15 is 0 Å². The molecule has 4 heteroatoms. The Labute approximate surface area is 112 Å². The third kappa shape index (κ3) is 6.17. The number of hydrogen-bond donors (Lipinski definition) is 0. The molecule has 0 saturated heterocycles. The van der Waals surface area contributed by atoms with Gasteiger partial charge in [0.05, 0.1) is 0 Å². The Hall–Kier alpha value is -0.873. The summed E-state index contributed by atoms with van der Waals surface area (Å²) in [6.45, 7) is 12.8. The quantitative estimate of drug-likeness (QED) is 0.427. The highest BCUT2D eigenvalue weighted by atomic mass is 28.3. The molecule has 18 heavy (non-hydrogen) atoms. The smallest absolute Gasteiger partial charge is 0.123 e. The van der Waals surface area contributed by atoms with Gasteiger partial charge in [-0.25, -0.2) is 4.98 Å². The van der Waals surface area contributed by atoms with Crippen LogP contribution in [0.5, 0.6) is 0 Å². The molecule has 0 bridgehead atoms. The lowest BCUT2D eigenvalue weighted by molar-refractivity contribution is 0.0854. The Kier molecular flexibility index (Phi) is 5.82. The van der Waals surface area contributed by atoms with Crippen LogP contribution in [-0.2, 0) is 17.9 Å². The first-order valence-corrected chi connectivity index (χ1v) is 10.3. The lowest BCUT2D eigenvalue weighted by Gasteiger charge is -2.15. The van der Waals surface area contributed by atoms with Gasteiger partial charge >= 0.3 is 0 Å². The first-order valence-electron chi connectivity index (χ1n) is 6.59. The zero-order valence-corrected chi connectivity index (χ0v) is 13.4. The van der Waals surface area contributed by atoms with Crippen LogP contribution >= 0.6 is 0 Å². The molecule has 3 nitrogen and oxygen atoms in total. The summed E-state index contributed by atoms with van der Waals surface area (Å²) < 4.78 is 7.83. The highest BCUT2D eigenvalue weighted by Gasteiger charge is 2.12. The van der Waals surface area contributed by atoms with E-state index in [9.17, 15) is 0 Å². The minimum Gasteiger partial charge on any atom is -0.361 e. The maximum atomic E-state index is 5.74. The molecule has 0 saturated carbocycles. The molecule has 0 atom stereocenters. The van der Waals surface area contributed by atoms with Gasteiger partial charge < -0.3 is 9.30 Å². The lowest BCUT2D eigenvalue weighted by atomic mass is 10.2. The first-order chi connectivity index (χ1) is 8.38. The second-order valence-corrected chi connectivity index (χ2v) is 11.8. The Morgan fingerprint density at radius 3 is 2.72 bits per heavy atom. The van der Waals surface area contributed by atoms with Crippen LogP contribution in [0.25, 0.3) is 0 Å². The van der Waals surface area contributed by atoms with Crippen LogP contribution in [0.1, 0.15) is 19.7 Å². The SMILES string of the molecule is CC(C)=CCc1nccn1COCC[Si](C)(C)C. The number of ether oxygens (including phenoxy) is 1. The molecule has 0 N–H and O–H groups in total. The van der Waals surface area contributed by atoms with Crippen LogP contribution in [0.3, 0.4) is 0 Å². The molecule has 0 aromatic carbocycles. The summed E-state index contributed by atoms with van der Waals surface area (Å²) in [7, 11) is -0.982. The van der Waals surface area contributed by atoms with E-state index in [1.165, 1.54) is 11.6 Å². The Morgan fingerprint density at radius 1 is 1.39 bits per heavy atom. The largest absolute Gasteiger partial charge is 0.361 e. The molecule has 102 valence electrons. The van der Waals surface area contributed by atoms with Gasteiger partial charge in [0.1, 0.15) is 12.6 Å². The van der Waals surface area contributed by atoms with Crippen molar-refractivity contribution in [3.05, 3.63) is 29.9 Å². The summed E-state index contributed by atoms with van der Waals surface area (Å²) in [5, 5.41) is 0. The lowest BCUT2D eigenvalue weighted by Crippen LogP contribution is -2.22. The molecule has 1 aromatic rings. The standard InChI is InChI=1S/C14H26N2OSi/c1-13(2)6-7-14-15-8-9-16(14)12-17-10-11-18(3,4)5/h6,8-9H,7,10-12H2,1-5H3. The highest BCUT2D eigenvalue weighted by Crippen LogP contribution is 2.08. The fraction of sp³-hybridized carbons (Fsp3) is 0.643. The molecule has 0 fully saturated rings. The molecule has 1 heterocycles. The van der Waals surface area contributed by atoms with Crippen LogP contribution in [0.2, 0.25) is 25.7 Å². The predicted octanol–water partition coefficient (Wildman–Crippen LogP) is 3.70. The number of rotatable bonds is 7. The molecular weight excluding hydrogens is 240 g/mol. The van der Waals surface area contributed by atoms with E-state index in [0.29, 0.717) is 6.73 Å². The summed E-state index contributed by atoms with van der Waals surface area (Å²) in [4.78, 5) is 4.36. The van der Waals surface area contributed by atoms with Crippen molar-refractivity contribution in [1.29, 1.82) is 0 Å². The summed E-state index contributed by atoms with van der Waals surface area (Å²) in [5.74, 6) is 1.07. The van der Waals surface area contributed by atoms with Gasteiger partial charge in [-0.2, -0.15) is 0 Å². The average Bonchev–Trinajstić information content (AvgIpc) is 2.67. The van der Waals surface area contributed by atoms with Gasteiger partial charge in [-0.15, -0.1) is 0 Å². The fourth-order valence-electron chi connectivity index (χ4n) is 1.48. The number of allylic oxidation sites excluding steroid dienone is 2. The van der Waals surface area contributed by atoms with Crippen molar-refractivity contribution < 1.29 is 4.74 Å². The van der Waals surface area contributed by atoms with Crippen molar-refractivity contribution in [3.63, 3.8) is 0 Å². The second-order valence-electron chi connectivity index (χ2n) is 6.15. The monoisotopic (exact) mass is 266 g/mol. The van der Waals surface area contributed by atoms with E-state index < -0.39 is 8.07 Å². The Balaban J connectivity index is 2.39. The first kappa shape index (κ1) is 15.2. The van der Waals surface area contributed by atoms with E-state index in [0.717, 1.165) is 18.9 Å². The molecule has 0 aliphatic rings. The van der Waals surface area contributed by atoms with Gasteiger partial charge in [0.25, 0.3) is 0 Å². The molecule has 0 spiro atoms. The van der Waals surface area contributed by atoms with Crippen LogP contribution in [0, 0.1) is 0 Å². The zero-order chi connectivity index (χ0) is 13.6. The Bertz CT molecular complexity index is 387. The Morgan fingerprint density at radius 2 is 2.11 bits per heavy atom. The zero-order valence-electron chi connectivity index (χ0n) is 12.4. The third-order valence-electron chi connectivity index (χ3n) is 2.72. The van der Waals surface area contributed by atoms with Crippen LogP contribution in [0.4, 0.5) is 0 Å². The van der Waals surface area contributed by atoms with Crippen LogP contribution in [0.15, 0.2) is 24.0 Å². The van der Waals surface area contributed by atoms with Gasteiger partial charge in [-0.05, 0) is 19.9 Å². The van der Waals surface area contributed by atoms with Gasteiger partial charge in [-0.3, -0.25) is 0 Å². The highest BCUT2D eigenvalue weighted by molar-refractivity contribution is 6.76. The number of hydrogen-bond acceptors (Lipinski definition) is 2. The van der Waals surface area contributed by atoms with Crippen molar-refractivity contribution in [2.45, 2.75) is 52.7 Å². The van der Waals surface area contributed by atoms with Crippen molar-refractivity contribution in [2.75, 3.05) is 6.61 Å². The van der Waals surface area contributed by atoms with Gasteiger partial charge in [0, 0.05) is 33.5 Å². The van der Waals surface area contributed by atoms with E-state index in [4.69, 9.17) is 4.74 Å². The molecule has 0 aliphatic heterocycles. The minimum absolute atomic E-state index is 0.621. The molecular formula is C14H26N2OSi. The van der Waals surface area contributed by atoms with Crippen molar-refractivity contribution >= 4 is 8.07 Å². The van der Waals surface area contributed by atoms with Crippen molar-refractivity contribution in [1.82, 2.24) is 9.55 Å². The van der Waals surface area contributed by atoms with Gasteiger partial charge in [0.2, 0.25) is 0 Å².